The van der Waals surface area contributed by atoms with Gasteiger partial charge in [-0.25, -0.2) is 0 Å². The molecule has 0 aliphatic carbocycles. The third kappa shape index (κ3) is 5.30. The smallest absolute Gasteiger partial charge is 0.309 e. The molecule has 2 fully saturated rings. The summed E-state index contributed by atoms with van der Waals surface area (Å²) in [7, 11) is 0. The minimum atomic E-state index is -0.133. The summed E-state index contributed by atoms with van der Waals surface area (Å²) in [5.74, 6) is 1.07. The molecular formula is C23H29ClN4O4. The first kappa shape index (κ1) is 22.7. The highest BCUT2D eigenvalue weighted by Crippen LogP contribution is 2.27. The lowest BCUT2D eigenvalue weighted by atomic mass is 9.92. The monoisotopic (exact) mass is 460 g/mol. The van der Waals surface area contributed by atoms with Gasteiger partial charge in [-0.3, -0.25) is 14.5 Å². The number of ether oxygens (including phenoxy) is 1. The van der Waals surface area contributed by atoms with E-state index in [4.69, 9.17) is 20.9 Å². The molecule has 0 atom stereocenters. The quantitative estimate of drug-likeness (QED) is 0.610. The molecule has 0 radical (unpaired) electrons. The number of aromatic nitrogens is 2. The Morgan fingerprint density at radius 2 is 1.78 bits per heavy atom. The number of nitrogens with zero attached hydrogens (tertiary/aromatic N) is 4. The van der Waals surface area contributed by atoms with E-state index in [0.29, 0.717) is 55.8 Å². The van der Waals surface area contributed by atoms with Gasteiger partial charge in [0.25, 0.3) is 0 Å². The van der Waals surface area contributed by atoms with Crippen molar-refractivity contribution in [3.8, 4) is 11.4 Å². The molecule has 0 spiro atoms. The first-order valence-corrected chi connectivity index (χ1v) is 11.7. The largest absolute Gasteiger partial charge is 0.466 e. The predicted octanol–water partition coefficient (Wildman–Crippen LogP) is 3.40. The average molecular weight is 461 g/mol. The maximum absolute atomic E-state index is 13.0. The molecule has 0 N–H and O–H groups in total. The second-order valence-electron chi connectivity index (χ2n) is 8.39. The van der Waals surface area contributed by atoms with Crippen molar-refractivity contribution in [2.75, 3.05) is 32.8 Å². The van der Waals surface area contributed by atoms with Gasteiger partial charge in [0.1, 0.15) is 0 Å². The minimum absolute atomic E-state index is 0.0340. The number of piperidine rings is 2. The molecule has 1 aromatic carbocycles. The summed E-state index contributed by atoms with van der Waals surface area (Å²) in [5, 5.41) is 4.64. The summed E-state index contributed by atoms with van der Waals surface area (Å²) >= 11 is 6.22. The van der Waals surface area contributed by atoms with Gasteiger partial charge in [-0.15, -0.1) is 0 Å². The van der Waals surface area contributed by atoms with Gasteiger partial charge in [-0.1, -0.05) is 28.9 Å². The number of hydrogen-bond donors (Lipinski definition) is 0. The molecule has 8 nitrogen and oxygen atoms in total. The van der Waals surface area contributed by atoms with Gasteiger partial charge in [0.15, 0.2) is 0 Å². The highest BCUT2D eigenvalue weighted by atomic mass is 35.5. The van der Waals surface area contributed by atoms with Crippen molar-refractivity contribution in [1.82, 2.24) is 19.9 Å². The van der Waals surface area contributed by atoms with E-state index < -0.39 is 0 Å². The van der Waals surface area contributed by atoms with Crippen LogP contribution in [-0.2, 0) is 20.9 Å². The van der Waals surface area contributed by atoms with Crippen molar-refractivity contribution in [3.05, 3.63) is 35.2 Å². The van der Waals surface area contributed by atoms with Crippen LogP contribution in [0, 0.1) is 11.8 Å². The molecule has 0 unspecified atom stereocenters. The van der Waals surface area contributed by atoms with E-state index in [-0.39, 0.29) is 23.7 Å². The molecule has 2 saturated heterocycles. The number of amides is 1. The molecule has 0 bridgehead atoms. The Hall–Kier alpha value is -2.45. The topological polar surface area (TPSA) is 88.8 Å². The zero-order valence-corrected chi connectivity index (χ0v) is 19.1. The van der Waals surface area contributed by atoms with Crippen LogP contribution in [0.2, 0.25) is 5.02 Å². The Morgan fingerprint density at radius 3 is 2.47 bits per heavy atom. The minimum Gasteiger partial charge on any atom is -0.466 e. The fourth-order valence-electron chi connectivity index (χ4n) is 4.45. The zero-order chi connectivity index (χ0) is 22.5. The Morgan fingerprint density at radius 1 is 1.09 bits per heavy atom. The van der Waals surface area contributed by atoms with E-state index in [1.807, 2.05) is 30.0 Å². The Labute approximate surface area is 192 Å². The number of halogens is 1. The maximum Gasteiger partial charge on any atom is 0.309 e. The molecule has 32 heavy (non-hydrogen) atoms. The van der Waals surface area contributed by atoms with E-state index in [1.54, 1.807) is 6.07 Å². The lowest BCUT2D eigenvalue weighted by Crippen LogP contribution is -2.46. The second-order valence-corrected chi connectivity index (χ2v) is 8.80. The first-order valence-electron chi connectivity index (χ1n) is 11.3. The summed E-state index contributed by atoms with van der Waals surface area (Å²) in [6.07, 6.45) is 2.99. The van der Waals surface area contributed by atoms with Crippen LogP contribution in [0.4, 0.5) is 0 Å². The predicted molar refractivity (Wildman–Crippen MR) is 119 cm³/mol. The Balaban J connectivity index is 1.24. The number of benzene rings is 1. The van der Waals surface area contributed by atoms with Crippen LogP contribution in [0.25, 0.3) is 11.4 Å². The third-order valence-electron chi connectivity index (χ3n) is 6.31. The maximum atomic E-state index is 13.0. The highest BCUT2D eigenvalue weighted by Gasteiger charge is 2.33. The number of rotatable bonds is 6. The zero-order valence-electron chi connectivity index (χ0n) is 18.3. The fraction of sp³-hybridized carbons (Fsp3) is 0.565. The number of esters is 1. The van der Waals surface area contributed by atoms with E-state index in [0.717, 1.165) is 31.5 Å². The molecule has 1 aromatic heterocycles. The van der Waals surface area contributed by atoms with Crippen LogP contribution in [-0.4, -0.2) is 64.6 Å². The lowest BCUT2D eigenvalue weighted by Gasteiger charge is -2.36. The molecule has 4 rings (SSSR count). The van der Waals surface area contributed by atoms with Crippen molar-refractivity contribution in [1.29, 1.82) is 0 Å². The standard InChI is InChI=1S/C23H29ClN4O4/c1-2-31-23(30)17-9-13-28(14-10-17)22(29)16-7-11-27(12-8-16)15-20-25-21(26-32-20)18-5-3-4-6-19(18)24/h3-6,16-17H,2,7-15H2,1H3. The van der Waals surface area contributed by atoms with Gasteiger partial charge in [0.05, 0.1) is 24.1 Å². The second kappa shape index (κ2) is 10.4. The van der Waals surface area contributed by atoms with E-state index in [1.165, 1.54) is 0 Å². The number of hydrogen-bond acceptors (Lipinski definition) is 7. The van der Waals surface area contributed by atoms with Crippen molar-refractivity contribution in [2.45, 2.75) is 39.2 Å². The van der Waals surface area contributed by atoms with Crippen LogP contribution in [0.3, 0.4) is 0 Å². The van der Waals surface area contributed by atoms with Gasteiger partial charge < -0.3 is 14.2 Å². The number of carbonyl (C=O) groups excluding carboxylic acids is 2. The highest BCUT2D eigenvalue weighted by molar-refractivity contribution is 6.33. The van der Waals surface area contributed by atoms with Crippen LogP contribution in [0.1, 0.15) is 38.5 Å². The molecule has 172 valence electrons. The molecule has 2 aromatic rings. The summed E-state index contributed by atoms with van der Waals surface area (Å²) in [5.41, 5.74) is 0.750. The number of likely N-dealkylation sites (tertiary alicyclic amines) is 2. The molecule has 9 heteroatoms. The van der Waals surface area contributed by atoms with Crippen molar-refractivity contribution in [3.63, 3.8) is 0 Å². The van der Waals surface area contributed by atoms with Crippen LogP contribution in [0.15, 0.2) is 28.8 Å². The average Bonchev–Trinajstić information content (AvgIpc) is 3.28. The van der Waals surface area contributed by atoms with Gasteiger partial charge >= 0.3 is 5.97 Å². The van der Waals surface area contributed by atoms with E-state index in [2.05, 4.69) is 15.0 Å². The molecule has 1 amide bonds. The van der Waals surface area contributed by atoms with Gasteiger partial charge in [-0.05, 0) is 57.8 Å². The summed E-state index contributed by atoms with van der Waals surface area (Å²) < 4.78 is 10.5. The van der Waals surface area contributed by atoms with Gasteiger partial charge in [0.2, 0.25) is 17.6 Å². The summed E-state index contributed by atoms with van der Waals surface area (Å²) in [6.45, 7) is 5.66. The third-order valence-corrected chi connectivity index (χ3v) is 6.63. The summed E-state index contributed by atoms with van der Waals surface area (Å²) in [6, 6.07) is 7.41. The SMILES string of the molecule is CCOC(=O)C1CCN(C(=O)C2CCN(Cc3nc(-c4ccccc4Cl)no3)CC2)CC1. The van der Waals surface area contributed by atoms with Crippen LogP contribution >= 0.6 is 11.6 Å². The van der Waals surface area contributed by atoms with E-state index in [9.17, 15) is 9.59 Å². The molecule has 3 heterocycles. The normalized spacial score (nSPS) is 18.6. The molecule has 2 aliphatic rings. The molecular weight excluding hydrogens is 432 g/mol. The van der Waals surface area contributed by atoms with Crippen molar-refractivity contribution >= 4 is 23.5 Å². The van der Waals surface area contributed by atoms with E-state index >= 15 is 0 Å². The molecule has 0 saturated carbocycles. The van der Waals surface area contributed by atoms with Crippen molar-refractivity contribution in [2.24, 2.45) is 11.8 Å². The van der Waals surface area contributed by atoms with Crippen molar-refractivity contribution < 1.29 is 18.8 Å². The van der Waals surface area contributed by atoms with Gasteiger partial charge in [0, 0.05) is 24.6 Å². The summed E-state index contributed by atoms with van der Waals surface area (Å²) in [4.78, 5) is 33.5. The Bertz CT molecular complexity index is 934. The van der Waals surface area contributed by atoms with Crippen LogP contribution < -0.4 is 0 Å². The van der Waals surface area contributed by atoms with Gasteiger partial charge in [-0.2, -0.15) is 4.98 Å². The van der Waals surface area contributed by atoms with Crippen LogP contribution in [0.5, 0.6) is 0 Å². The fourth-order valence-corrected chi connectivity index (χ4v) is 4.67. The Kier molecular flexibility index (Phi) is 7.42. The number of carbonyl (C=O) groups is 2. The lowest BCUT2D eigenvalue weighted by molar-refractivity contribution is -0.152. The molecule has 2 aliphatic heterocycles. The first-order chi connectivity index (χ1) is 15.5.